The summed E-state index contributed by atoms with van der Waals surface area (Å²) in [6, 6.07) is 24.0. The van der Waals surface area contributed by atoms with Gasteiger partial charge in [-0.25, -0.2) is 0 Å². The zero-order chi connectivity index (χ0) is 19.2. The summed E-state index contributed by atoms with van der Waals surface area (Å²) in [6.45, 7) is 3.88. The van der Waals surface area contributed by atoms with Crippen LogP contribution in [0.1, 0.15) is 44.8 Å². The quantitative estimate of drug-likeness (QED) is 0.692. The third kappa shape index (κ3) is 4.61. The van der Waals surface area contributed by atoms with Gasteiger partial charge in [0.1, 0.15) is 0 Å². The molecule has 2 N–H and O–H groups in total. The lowest BCUT2D eigenvalue weighted by atomic mass is 10.1. The van der Waals surface area contributed by atoms with Crippen LogP contribution in [0.3, 0.4) is 0 Å². The summed E-state index contributed by atoms with van der Waals surface area (Å²) in [4.78, 5) is 24.8. The third-order valence-electron chi connectivity index (χ3n) is 4.45. The maximum atomic E-state index is 12.4. The van der Waals surface area contributed by atoms with E-state index < -0.39 is 0 Å². The average molecular weight is 358 g/mol. The fourth-order valence-corrected chi connectivity index (χ4v) is 2.79. The second-order valence-corrected chi connectivity index (χ2v) is 6.45. The van der Waals surface area contributed by atoms with Crippen LogP contribution >= 0.6 is 0 Å². The number of hydrogen-bond donors (Lipinski definition) is 2. The average Bonchev–Trinajstić information content (AvgIpc) is 2.70. The van der Waals surface area contributed by atoms with Gasteiger partial charge in [-0.2, -0.15) is 0 Å². The lowest BCUT2D eigenvalue weighted by Crippen LogP contribution is -2.26. The Bertz CT molecular complexity index is 934. The van der Waals surface area contributed by atoms with Crippen molar-refractivity contribution >= 4 is 17.5 Å². The van der Waals surface area contributed by atoms with Crippen LogP contribution in [0.4, 0.5) is 5.69 Å². The smallest absolute Gasteiger partial charge is 0.255 e. The van der Waals surface area contributed by atoms with Gasteiger partial charge in [0, 0.05) is 16.8 Å². The van der Waals surface area contributed by atoms with Gasteiger partial charge in [-0.15, -0.1) is 0 Å². The molecule has 0 saturated heterocycles. The van der Waals surface area contributed by atoms with Crippen molar-refractivity contribution < 1.29 is 9.59 Å². The van der Waals surface area contributed by atoms with Crippen molar-refractivity contribution in [3.05, 3.63) is 101 Å². The number of carbonyl (C=O) groups is 2. The maximum absolute atomic E-state index is 12.4. The van der Waals surface area contributed by atoms with Crippen LogP contribution in [0.15, 0.2) is 78.9 Å². The van der Waals surface area contributed by atoms with Crippen LogP contribution in [-0.4, -0.2) is 11.8 Å². The fraction of sp³-hybridized carbons (Fsp3) is 0.130. The largest absolute Gasteiger partial charge is 0.346 e. The van der Waals surface area contributed by atoms with Gasteiger partial charge >= 0.3 is 0 Å². The minimum absolute atomic E-state index is 0.0947. The molecule has 27 heavy (non-hydrogen) atoms. The monoisotopic (exact) mass is 358 g/mol. The Hall–Kier alpha value is -3.40. The Morgan fingerprint density at radius 1 is 0.741 bits per heavy atom. The predicted octanol–water partition coefficient (Wildman–Crippen LogP) is 4.74. The zero-order valence-corrected chi connectivity index (χ0v) is 15.4. The van der Waals surface area contributed by atoms with Gasteiger partial charge in [-0.3, -0.25) is 9.59 Å². The van der Waals surface area contributed by atoms with E-state index in [1.54, 1.807) is 24.3 Å². The van der Waals surface area contributed by atoms with Crippen molar-refractivity contribution in [2.45, 2.75) is 19.9 Å². The molecule has 0 aromatic heterocycles. The highest BCUT2D eigenvalue weighted by Gasteiger charge is 2.13. The van der Waals surface area contributed by atoms with Gasteiger partial charge in [0.05, 0.1) is 6.04 Å². The van der Waals surface area contributed by atoms with Crippen molar-refractivity contribution in [1.29, 1.82) is 0 Å². The van der Waals surface area contributed by atoms with Gasteiger partial charge in [0.15, 0.2) is 0 Å². The van der Waals surface area contributed by atoms with Crippen LogP contribution in [0.5, 0.6) is 0 Å². The molecular formula is C23H22N2O2. The molecule has 0 radical (unpaired) electrons. The van der Waals surface area contributed by atoms with Crippen molar-refractivity contribution in [2.75, 3.05) is 5.32 Å². The van der Waals surface area contributed by atoms with E-state index in [0.29, 0.717) is 11.1 Å². The molecule has 1 atom stereocenters. The van der Waals surface area contributed by atoms with Crippen molar-refractivity contribution in [2.24, 2.45) is 0 Å². The van der Waals surface area contributed by atoms with Crippen LogP contribution in [0.2, 0.25) is 0 Å². The maximum Gasteiger partial charge on any atom is 0.255 e. The number of hydrogen-bond acceptors (Lipinski definition) is 2. The molecule has 0 heterocycles. The van der Waals surface area contributed by atoms with E-state index in [0.717, 1.165) is 16.8 Å². The molecule has 0 aliphatic heterocycles. The fourth-order valence-electron chi connectivity index (χ4n) is 2.79. The van der Waals surface area contributed by atoms with Gasteiger partial charge in [0.25, 0.3) is 11.8 Å². The van der Waals surface area contributed by atoms with Crippen LogP contribution in [-0.2, 0) is 0 Å². The predicted molar refractivity (Wildman–Crippen MR) is 108 cm³/mol. The molecule has 3 rings (SSSR count). The minimum atomic E-state index is -0.200. The molecule has 0 aliphatic carbocycles. The Morgan fingerprint density at radius 2 is 1.30 bits per heavy atom. The van der Waals surface area contributed by atoms with Crippen LogP contribution in [0.25, 0.3) is 0 Å². The number of rotatable bonds is 5. The normalized spacial score (nSPS) is 11.5. The highest BCUT2D eigenvalue weighted by molar-refractivity contribution is 6.05. The first-order chi connectivity index (χ1) is 13.0. The minimum Gasteiger partial charge on any atom is -0.346 e. The van der Waals surface area contributed by atoms with E-state index in [2.05, 4.69) is 10.6 Å². The second-order valence-electron chi connectivity index (χ2n) is 6.45. The van der Waals surface area contributed by atoms with E-state index in [1.165, 1.54) is 0 Å². The summed E-state index contributed by atoms with van der Waals surface area (Å²) in [6.07, 6.45) is 0. The van der Waals surface area contributed by atoms with Crippen molar-refractivity contribution in [3.63, 3.8) is 0 Å². The van der Waals surface area contributed by atoms with Crippen molar-refractivity contribution in [3.8, 4) is 0 Å². The highest BCUT2D eigenvalue weighted by atomic mass is 16.2. The van der Waals surface area contributed by atoms with Crippen LogP contribution in [0, 0.1) is 6.92 Å². The second kappa shape index (κ2) is 8.32. The van der Waals surface area contributed by atoms with E-state index in [-0.39, 0.29) is 17.9 Å². The molecule has 0 aliphatic rings. The van der Waals surface area contributed by atoms with Crippen molar-refractivity contribution in [1.82, 2.24) is 5.32 Å². The molecule has 0 bridgehead atoms. The summed E-state index contributed by atoms with van der Waals surface area (Å²) in [5.41, 5.74) is 3.84. The first kappa shape index (κ1) is 18.4. The van der Waals surface area contributed by atoms with Gasteiger partial charge in [-0.05, 0) is 55.3 Å². The summed E-state index contributed by atoms with van der Waals surface area (Å²) in [7, 11) is 0. The first-order valence-electron chi connectivity index (χ1n) is 8.87. The molecule has 3 aromatic rings. The lowest BCUT2D eigenvalue weighted by molar-refractivity contribution is 0.0938. The van der Waals surface area contributed by atoms with E-state index >= 15 is 0 Å². The molecule has 2 amide bonds. The molecule has 0 spiro atoms. The van der Waals surface area contributed by atoms with E-state index in [9.17, 15) is 9.59 Å². The molecule has 0 fully saturated rings. The molecule has 1 unspecified atom stereocenters. The first-order valence-corrected chi connectivity index (χ1v) is 8.87. The zero-order valence-electron chi connectivity index (χ0n) is 15.4. The number of carbonyl (C=O) groups excluding carboxylic acids is 2. The summed E-state index contributed by atoms with van der Waals surface area (Å²) < 4.78 is 0. The van der Waals surface area contributed by atoms with E-state index in [4.69, 9.17) is 0 Å². The number of aryl methyl sites for hydroxylation is 1. The summed E-state index contributed by atoms with van der Waals surface area (Å²) >= 11 is 0. The van der Waals surface area contributed by atoms with Gasteiger partial charge in [0.2, 0.25) is 0 Å². The Labute approximate surface area is 159 Å². The molecule has 4 heteroatoms. The highest BCUT2D eigenvalue weighted by Crippen LogP contribution is 2.16. The van der Waals surface area contributed by atoms with Gasteiger partial charge < -0.3 is 10.6 Å². The Kier molecular flexibility index (Phi) is 5.67. The number of benzene rings is 3. The molecular weight excluding hydrogens is 336 g/mol. The number of anilines is 1. The third-order valence-corrected chi connectivity index (χ3v) is 4.45. The lowest BCUT2D eigenvalue weighted by Gasteiger charge is -2.14. The number of nitrogens with one attached hydrogen (secondary N) is 2. The van der Waals surface area contributed by atoms with E-state index in [1.807, 2.05) is 68.4 Å². The SMILES string of the molecule is Cc1ccccc1NC(=O)c1ccc(C(=O)NC(C)c2ccccc2)cc1. The van der Waals surface area contributed by atoms with Crippen LogP contribution < -0.4 is 10.6 Å². The summed E-state index contributed by atoms with van der Waals surface area (Å²) in [5.74, 6) is -0.369. The molecule has 3 aromatic carbocycles. The Morgan fingerprint density at radius 3 is 1.93 bits per heavy atom. The standard InChI is InChI=1S/C23H22N2O2/c1-16-8-6-7-11-21(16)25-23(27)20-14-12-19(13-15-20)22(26)24-17(2)18-9-4-3-5-10-18/h3-15,17H,1-2H3,(H,24,26)(H,25,27). The molecule has 136 valence electrons. The number of para-hydroxylation sites is 1. The topological polar surface area (TPSA) is 58.2 Å². The number of amides is 2. The van der Waals surface area contributed by atoms with Gasteiger partial charge in [-0.1, -0.05) is 48.5 Å². The molecule has 0 saturated carbocycles. The summed E-state index contributed by atoms with van der Waals surface area (Å²) in [5, 5.41) is 5.86. The Balaban J connectivity index is 1.65. The molecule has 4 nitrogen and oxygen atoms in total.